The van der Waals surface area contributed by atoms with Gasteiger partial charge in [-0.15, -0.1) is 0 Å². The maximum absolute atomic E-state index is 12.8. The number of hydroxylamine groups is 2. The Bertz CT molecular complexity index is 383. The van der Waals surface area contributed by atoms with Gasteiger partial charge in [0.1, 0.15) is 11.1 Å². The molecule has 1 N–H and O–H groups in total. The fourth-order valence-corrected chi connectivity index (χ4v) is 2.87. The molecule has 110 valence electrons. The SMILES string of the molecule is CCC1(C)C/C(=N\OC(C)=O)C(C)C(C)(CC)[NH+]1[O-]. The highest BCUT2D eigenvalue weighted by Gasteiger charge is 2.52. The molecule has 0 saturated carbocycles. The molecule has 0 spiro atoms. The molecule has 4 unspecified atom stereocenters. The van der Waals surface area contributed by atoms with Crippen LogP contribution in [-0.2, 0) is 9.63 Å². The number of piperidine rings is 1. The lowest BCUT2D eigenvalue weighted by atomic mass is 9.70. The highest BCUT2D eigenvalue weighted by molar-refractivity contribution is 5.89. The van der Waals surface area contributed by atoms with Gasteiger partial charge in [0.05, 0.1) is 11.6 Å². The number of oxime groups is 1. The number of hydrogen-bond acceptors (Lipinski definition) is 4. The summed E-state index contributed by atoms with van der Waals surface area (Å²) in [6.45, 7) is 11.4. The van der Waals surface area contributed by atoms with E-state index in [-0.39, 0.29) is 5.92 Å². The van der Waals surface area contributed by atoms with Gasteiger partial charge in [-0.25, -0.2) is 4.79 Å². The van der Waals surface area contributed by atoms with Gasteiger partial charge in [0.25, 0.3) is 0 Å². The molecule has 0 amide bonds. The summed E-state index contributed by atoms with van der Waals surface area (Å²) < 4.78 is 0. The molecule has 0 aliphatic carbocycles. The third-order valence-electron chi connectivity index (χ3n) is 4.90. The molecule has 1 saturated heterocycles. The van der Waals surface area contributed by atoms with E-state index in [0.717, 1.165) is 18.6 Å². The second-order valence-electron chi connectivity index (χ2n) is 6.08. The molecule has 1 fully saturated rings. The summed E-state index contributed by atoms with van der Waals surface area (Å²) in [5.74, 6) is -0.419. The van der Waals surface area contributed by atoms with Crippen LogP contribution in [0, 0.1) is 11.1 Å². The maximum atomic E-state index is 12.8. The molecular formula is C14H26N2O3. The Morgan fingerprint density at radius 1 is 1.47 bits per heavy atom. The molecule has 1 heterocycles. The average molecular weight is 270 g/mol. The number of carbonyl (C=O) groups is 1. The van der Waals surface area contributed by atoms with E-state index in [2.05, 4.69) is 5.16 Å². The van der Waals surface area contributed by atoms with E-state index in [4.69, 9.17) is 4.84 Å². The number of nitrogens with one attached hydrogen (secondary N) is 1. The lowest BCUT2D eigenvalue weighted by Gasteiger charge is -2.57. The first-order valence-corrected chi connectivity index (χ1v) is 7.00. The molecule has 0 aromatic heterocycles. The summed E-state index contributed by atoms with van der Waals surface area (Å²) >= 11 is 0. The second kappa shape index (κ2) is 5.59. The summed E-state index contributed by atoms with van der Waals surface area (Å²) in [6.07, 6.45) is 2.11. The normalized spacial score (nSPS) is 41.3. The highest BCUT2D eigenvalue weighted by Crippen LogP contribution is 2.31. The number of nitrogens with zero attached hydrogens (tertiary/aromatic N) is 1. The van der Waals surface area contributed by atoms with Crippen LogP contribution >= 0.6 is 0 Å². The quantitative estimate of drug-likeness (QED) is 0.482. The molecule has 1 aliphatic heterocycles. The van der Waals surface area contributed by atoms with Crippen LogP contribution in [-0.4, -0.2) is 22.8 Å². The highest BCUT2D eigenvalue weighted by atomic mass is 16.7. The van der Waals surface area contributed by atoms with Crippen LogP contribution in [0.3, 0.4) is 0 Å². The van der Waals surface area contributed by atoms with Crippen molar-refractivity contribution in [2.45, 2.75) is 71.9 Å². The lowest BCUT2D eigenvalue weighted by molar-refractivity contribution is -0.959. The molecule has 0 radical (unpaired) electrons. The van der Waals surface area contributed by atoms with Crippen LogP contribution in [0.4, 0.5) is 0 Å². The van der Waals surface area contributed by atoms with Gasteiger partial charge in [-0.1, -0.05) is 25.9 Å². The number of carbonyl (C=O) groups excluding carboxylic acids is 1. The molecule has 0 aromatic carbocycles. The van der Waals surface area contributed by atoms with E-state index < -0.39 is 17.0 Å². The van der Waals surface area contributed by atoms with Crippen LogP contribution in [0.25, 0.3) is 0 Å². The van der Waals surface area contributed by atoms with E-state index >= 15 is 0 Å². The van der Waals surface area contributed by atoms with Crippen LogP contribution in [0.5, 0.6) is 0 Å². The standard InChI is InChI=1S/C14H26N2O3/c1-7-13(5)9-12(15-19-11(4)17)10(3)14(6,8-2)16(13)18/h10,16H,7-9H2,1-6H3/b15-12+. The molecule has 4 atom stereocenters. The summed E-state index contributed by atoms with van der Waals surface area (Å²) in [4.78, 5) is 15.7. The Kier molecular flexibility index (Phi) is 4.74. The molecule has 1 aliphatic rings. The van der Waals surface area contributed by atoms with Crippen LogP contribution in [0.1, 0.15) is 60.8 Å². The fraction of sp³-hybridized carbons (Fsp3) is 0.857. The smallest absolute Gasteiger partial charge is 0.331 e. The van der Waals surface area contributed by atoms with E-state index in [1.165, 1.54) is 6.92 Å². The Labute approximate surface area is 115 Å². The van der Waals surface area contributed by atoms with E-state index in [1.807, 2.05) is 34.6 Å². The summed E-state index contributed by atoms with van der Waals surface area (Å²) in [5.41, 5.74) is -0.0124. The van der Waals surface area contributed by atoms with E-state index in [1.54, 1.807) is 0 Å². The van der Waals surface area contributed by atoms with Crippen molar-refractivity contribution in [2.24, 2.45) is 11.1 Å². The zero-order valence-corrected chi connectivity index (χ0v) is 12.9. The van der Waals surface area contributed by atoms with Crippen molar-refractivity contribution in [1.29, 1.82) is 0 Å². The van der Waals surface area contributed by atoms with Crippen molar-refractivity contribution in [1.82, 2.24) is 0 Å². The minimum Gasteiger partial charge on any atom is -0.633 e. The first-order valence-electron chi connectivity index (χ1n) is 7.00. The zero-order valence-electron chi connectivity index (χ0n) is 12.9. The Balaban J connectivity index is 3.16. The molecule has 0 bridgehead atoms. The van der Waals surface area contributed by atoms with E-state index in [9.17, 15) is 10.0 Å². The number of quaternary nitrogens is 1. The molecule has 5 heteroatoms. The fourth-order valence-electron chi connectivity index (χ4n) is 2.87. The third kappa shape index (κ3) is 2.82. The van der Waals surface area contributed by atoms with Gasteiger partial charge in [-0.3, -0.25) is 0 Å². The van der Waals surface area contributed by atoms with Crippen molar-refractivity contribution in [2.75, 3.05) is 0 Å². The van der Waals surface area contributed by atoms with Gasteiger partial charge in [0.2, 0.25) is 0 Å². The van der Waals surface area contributed by atoms with Crippen LogP contribution in [0.2, 0.25) is 0 Å². The average Bonchev–Trinajstić information content (AvgIpc) is 2.39. The largest absolute Gasteiger partial charge is 0.633 e. The molecule has 19 heavy (non-hydrogen) atoms. The van der Waals surface area contributed by atoms with Crippen LogP contribution in [0.15, 0.2) is 5.16 Å². The van der Waals surface area contributed by atoms with Gasteiger partial charge in [0.15, 0.2) is 0 Å². The molecular weight excluding hydrogens is 244 g/mol. The van der Waals surface area contributed by atoms with Gasteiger partial charge in [0, 0.05) is 19.8 Å². The van der Waals surface area contributed by atoms with Gasteiger partial charge in [-0.05, 0) is 20.3 Å². The molecule has 1 rings (SSSR count). The van der Waals surface area contributed by atoms with Crippen molar-refractivity contribution in [3.05, 3.63) is 5.21 Å². The summed E-state index contributed by atoms with van der Waals surface area (Å²) in [7, 11) is 0. The Morgan fingerprint density at radius 3 is 2.47 bits per heavy atom. The molecule has 5 nitrogen and oxygen atoms in total. The lowest BCUT2D eigenvalue weighted by Crippen LogP contribution is -3.25. The topological polar surface area (TPSA) is 66.2 Å². The third-order valence-corrected chi connectivity index (χ3v) is 4.90. The van der Waals surface area contributed by atoms with Crippen molar-refractivity contribution in [3.63, 3.8) is 0 Å². The van der Waals surface area contributed by atoms with Gasteiger partial charge in [-0.2, -0.15) is 0 Å². The predicted octanol–water partition coefficient (Wildman–Crippen LogP) is 1.67. The minimum absolute atomic E-state index is 0.00368. The second-order valence-corrected chi connectivity index (χ2v) is 6.08. The first kappa shape index (κ1) is 16.1. The first-order chi connectivity index (χ1) is 8.71. The van der Waals surface area contributed by atoms with Gasteiger partial charge < -0.3 is 15.1 Å². The predicted molar refractivity (Wildman–Crippen MR) is 74.7 cm³/mol. The van der Waals surface area contributed by atoms with Crippen molar-refractivity contribution >= 4 is 11.7 Å². The minimum atomic E-state index is -0.429. The number of hydrogen-bond donors (Lipinski definition) is 1. The Morgan fingerprint density at radius 2 is 2.05 bits per heavy atom. The zero-order chi connectivity index (χ0) is 14.8. The van der Waals surface area contributed by atoms with Crippen molar-refractivity contribution in [3.8, 4) is 0 Å². The summed E-state index contributed by atoms with van der Waals surface area (Å²) in [5, 5.41) is 17.1. The number of rotatable bonds is 3. The molecule has 0 aromatic rings. The van der Waals surface area contributed by atoms with E-state index in [0.29, 0.717) is 11.5 Å². The van der Waals surface area contributed by atoms with Crippen LogP contribution < -0.4 is 5.06 Å². The maximum Gasteiger partial charge on any atom is 0.331 e. The monoisotopic (exact) mass is 270 g/mol. The van der Waals surface area contributed by atoms with Gasteiger partial charge >= 0.3 is 5.97 Å². The van der Waals surface area contributed by atoms with Crippen molar-refractivity contribution < 1.29 is 14.7 Å². The Hall–Kier alpha value is -0.940. The summed E-state index contributed by atoms with van der Waals surface area (Å²) in [6, 6.07) is 0.